The van der Waals surface area contributed by atoms with Gasteiger partial charge in [0.05, 0.1) is 17.6 Å². The number of benzene rings is 1. The van der Waals surface area contributed by atoms with Gasteiger partial charge in [-0.25, -0.2) is 9.69 Å². The van der Waals surface area contributed by atoms with Crippen LogP contribution in [0.25, 0.3) is 0 Å². The van der Waals surface area contributed by atoms with E-state index in [-0.39, 0.29) is 0 Å². The van der Waals surface area contributed by atoms with Crippen molar-refractivity contribution in [2.24, 2.45) is 5.10 Å². The Balaban J connectivity index is 1.90. The zero-order valence-electron chi connectivity index (χ0n) is 11.3. The maximum absolute atomic E-state index is 11.5. The summed E-state index contributed by atoms with van der Waals surface area (Å²) in [5.74, 6) is 0.499. The van der Waals surface area contributed by atoms with E-state index in [4.69, 9.17) is 0 Å². The molecular weight excluding hydrogens is 268 g/mol. The van der Waals surface area contributed by atoms with E-state index in [1.54, 1.807) is 18.3 Å². The van der Waals surface area contributed by atoms with E-state index in [0.29, 0.717) is 24.5 Å². The first-order valence-electron chi connectivity index (χ1n) is 6.59. The number of hydrazone groups is 1. The standard InChI is InChI=1S/C15H14N4O2/c20-15(21)19(13-7-4-9-16-11-13)14-8-10-18(17-14)12-5-2-1-3-6-12/h1-7,9,11H,8,10H2,(H,20,21). The first-order valence-corrected chi connectivity index (χ1v) is 6.59. The van der Waals surface area contributed by atoms with Crippen LogP contribution in [0, 0.1) is 0 Å². The number of hydrogen-bond acceptors (Lipinski definition) is 4. The molecule has 21 heavy (non-hydrogen) atoms. The second-order valence-electron chi connectivity index (χ2n) is 4.55. The number of amides is 1. The van der Waals surface area contributed by atoms with E-state index >= 15 is 0 Å². The SMILES string of the molecule is O=C(O)N(C1=NN(c2ccccc2)CC1)c1cccnc1. The monoisotopic (exact) mass is 282 g/mol. The van der Waals surface area contributed by atoms with E-state index in [0.717, 1.165) is 5.69 Å². The molecule has 0 saturated carbocycles. The summed E-state index contributed by atoms with van der Waals surface area (Å²) < 4.78 is 0. The van der Waals surface area contributed by atoms with Crippen molar-refractivity contribution < 1.29 is 9.90 Å². The summed E-state index contributed by atoms with van der Waals surface area (Å²) in [6.07, 6.45) is 2.63. The maximum Gasteiger partial charge on any atom is 0.417 e. The van der Waals surface area contributed by atoms with Crippen LogP contribution in [-0.4, -0.2) is 28.6 Å². The zero-order valence-corrected chi connectivity index (χ0v) is 11.3. The molecule has 0 unspecified atom stereocenters. The molecule has 1 amide bonds. The average molecular weight is 282 g/mol. The van der Waals surface area contributed by atoms with E-state index in [1.807, 2.05) is 35.3 Å². The molecule has 6 heteroatoms. The summed E-state index contributed by atoms with van der Waals surface area (Å²) in [5, 5.41) is 15.7. The number of pyridine rings is 1. The van der Waals surface area contributed by atoms with Crippen LogP contribution in [0.15, 0.2) is 60.0 Å². The van der Waals surface area contributed by atoms with Gasteiger partial charge in [-0.2, -0.15) is 5.10 Å². The van der Waals surface area contributed by atoms with Crippen LogP contribution in [0.1, 0.15) is 6.42 Å². The van der Waals surface area contributed by atoms with Crippen molar-refractivity contribution in [2.45, 2.75) is 6.42 Å². The van der Waals surface area contributed by atoms with Gasteiger partial charge in [-0.05, 0) is 24.3 Å². The highest BCUT2D eigenvalue weighted by Crippen LogP contribution is 2.22. The van der Waals surface area contributed by atoms with Gasteiger partial charge in [0.15, 0.2) is 0 Å². The Bertz CT molecular complexity index is 658. The van der Waals surface area contributed by atoms with Crippen molar-refractivity contribution in [2.75, 3.05) is 16.5 Å². The number of carbonyl (C=O) groups is 1. The Hall–Kier alpha value is -2.89. The minimum atomic E-state index is -1.06. The van der Waals surface area contributed by atoms with Crippen molar-refractivity contribution in [3.63, 3.8) is 0 Å². The van der Waals surface area contributed by atoms with Gasteiger partial charge in [0, 0.05) is 19.2 Å². The third-order valence-electron chi connectivity index (χ3n) is 3.19. The number of amidine groups is 1. The molecule has 0 saturated heterocycles. The largest absolute Gasteiger partial charge is 0.464 e. The molecule has 2 aromatic rings. The van der Waals surface area contributed by atoms with Gasteiger partial charge in [-0.15, -0.1) is 0 Å². The lowest BCUT2D eigenvalue weighted by Gasteiger charge is -2.17. The van der Waals surface area contributed by atoms with Crippen LogP contribution in [0.4, 0.5) is 16.2 Å². The topological polar surface area (TPSA) is 69.0 Å². The number of nitrogens with zero attached hydrogens (tertiary/aromatic N) is 4. The van der Waals surface area contributed by atoms with E-state index in [1.165, 1.54) is 11.1 Å². The average Bonchev–Trinajstić information content (AvgIpc) is 2.98. The lowest BCUT2D eigenvalue weighted by molar-refractivity contribution is 0.205. The Morgan fingerprint density at radius 3 is 2.67 bits per heavy atom. The van der Waals surface area contributed by atoms with Gasteiger partial charge < -0.3 is 5.11 Å². The molecule has 0 bridgehead atoms. The van der Waals surface area contributed by atoms with Gasteiger partial charge in [-0.1, -0.05) is 18.2 Å². The third-order valence-corrected chi connectivity index (χ3v) is 3.19. The summed E-state index contributed by atoms with van der Waals surface area (Å²) in [4.78, 5) is 16.7. The molecule has 1 aromatic carbocycles. The summed E-state index contributed by atoms with van der Waals surface area (Å²) in [7, 11) is 0. The van der Waals surface area contributed by atoms with E-state index < -0.39 is 6.09 Å². The predicted molar refractivity (Wildman–Crippen MR) is 80.6 cm³/mol. The highest BCUT2D eigenvalue weighted by molar-refractivity contribution is 6.15. The number of rotatable bonds is 2. The second-order valence-corrected chi connectivity index (χ2v) is 4.55. The fourth-order valence-electron chi connectivity index (χ4n) is 2.24. The molecule has 3 rings (SSSR count). The lowest BCUT2D eigenvalue weighted by atomic mass is 10.3. The molecule has 0 fully saturated rings. The molecule has 0 spiro atoms. The Kier molecular flexibility index (Phi) is 3.51. The number of anilines is 2. The van der Waals surface area contributed by atoms with Gasteiger partial charge in [-0.3, -0.25) is 9.99 Å². The minimum absolute atomic E-state index is 0.499. The number of hydrogen-bond donors (Lipinski definition) is 1. The van der Waals surface area contributed by atoms with Crippen molar-refractivity contribution >= 4 is 23.3 Å². The third kappa shape index (κ3) is 2.69. The van der Waals surface area contributed by atoms with E-state index in [2.05, 4.69) is 10.1 Å². The smallest absolute Gasteiger partial charge is 0.417 e. The summed E-state index contributed by atoms with van der Waals surface area (Å²) >= 11 is 0. The predicted octanol–water partition coefficient (Wildman–Crippen LogP) is 2.79. The second kappa shape index (κ2) is 5.62. The summed E-state index contributed by atoms with van der Waals surface area (Å²) in [6, 6.07) is 13.1. The van der Waals surface area contributed by atoms with Crippen molar-refractivity contribution in [3.8, 4) is 0 Å². The highest BCUT2D eigenvalue weighted by atomic mass is 16.4. The Morgan fingerprint density at radius 2 is 2.00 bits per heavy atom. The quantitative estimate of drug-likeness (QED) is 0.919. The number of aromatic nitrogens is 1. The van der Waals surface area contributed by atoms with Crippen LogP contribution < -0.4 is 9.91 Å². The van der Waals surface area contributed by atoms with Crippen molar-refractivity contribution in [3.05, 3.63) is 54.9 Å². The Labute approximate surface area is 122 Å². The first-order chi connectivity index (χ1) is 10.3. The molecule has 0 aliphatic carbocycles. The molecule has 1 aliphatic heterocycles. The van der Waals surface area contributed by atoms with Crippen LogP contribution in [0.5, 0.6) is 0 Å². The first kappa shape index (κ1) is 13.1. The normalized spacial score (nSPS) is 13.9. The van der Waals surface area contributed by atoms with Gasteiger partial charge in [0.1, 0.15) is 5.84 Å². The zero-order chi connectivity index (χ0) is 14.7. The molecule has 6 nitrogen and oxygen atoms in total. The minimum Gasteiger partial charge on any atom is -0.464 e. The summed E-state index contributed by atoms with van der Waals surface area (Å²) in [6.45, 7) is 0.656. The fraction of sp³-hybridized carbons (Fsp3) is 0.133. The molecule has 1 aromatic heterocycles. The molecule has 0 radical (unpaired) electrons. The molecular formula is C15H14N4O2. The fourth-order valence-corrected chi connectivity index (χ4v) is 2.24. The van der Waals surface area contributed by atoms with Crippen molar-refractivity contribution in [1.29, 1.82) is 0 Å². The van der Waals surface area contributed by atoms with Crippen LogP contribution in [-0.2, 0) is 0 Å². The molecule has 1 aliphatic rings. The van der Waals surface area contributed by atoms with Crippen LogP contribution >= 0.6 is 0 Å². The molecule has 106 valence electrons. The van der Waals surface area contributed by atoms with E-state index in [9.17, 15) is 9.90 Å². The number of carboxylic acid groups (broad SMARTS) is 1. The van der Waals surface area contributed by atoms with Crippen LogP contribution in [0.3, 0.4) is 0 Å². The molecule has 1 N–H and O–H groups in total. The van der Waals surface area contributed by atoms with Crippen LogP contribution in [0.2, 0.25) is 0 Å². The molecule has 0 atom stereocenters. The maximum atomic E-state index is 11.5. The van der Waals surface area contributed by atoms with Gasteiger partial charge >= 0.3 is 6.09 Å². The number of para-hydroxylation sites is 1. The molecule has 2 heterocycles. The summed E-state index contributed by atoms with van der Waals surface area (Å²) in [5.41, 5.74) is 1.45. The van der Waals surface area contributed by atoms with Gasteiger partial charge in [0.2, 0.25) is 0 Å². The van der Waals surface area contributed by atoms with Crippen molar-refractivity contribution in [1.82, 2.24) is 4.98 Å². The highest BCUT2D eigenvalue weighted by Gasteiger charge is 2.26. The Morgan fingerprint density at radius 1 is 1.19 bits per heavy atom. The lowest BCUT2D eigenvalue weighted by Crippen LogP contribution is -2.34. The van der Waals surface area contributed by atoms with Gasteiger partial charge in [0.25, 0.3) is 0 Å².